The van der Waals surface area contributed by atoms with Crippen LogP contribution in [0, 0.1) is 5.41 Å². The molecule has 17 heavy (non-hydrogen) atoms. The van der Waals surface area contributed by atoms with Gasteiger partial charge in [-0.2, -0.15) is 0 Å². The van der Waals surface area contributed by atoms with Crippen molar-refractivity contribution in [2.75, 3.05) is 18.1 Å². The molecule has 94 valence electrons. The standard InChI is InChI=1S/C12H16ClNO2S/c13-11-3-1-2-10(6-11)7-12(8-14)4-5-17(15,16)9-12/h1-3,6H,4-5,7-9,14H2. The van der Waals surface area contributed by atoms with E-state index in [0.717, 1.165) is 5.56 Å². The van der Waals surface area contributed by atoms with E-state index in [4.69, 9.17) is 17.3 Å². The lowest BCUT2D eigenvalue weighted by atomic mass is 9.81. The smallest absolute Gasteiger partial charge is 0.150 e. The molecule has 1 unspecified atom stereocenters. The number of hydrogen-bond donors (Lipinski definition) is 1. The van der Waals surface area contributed by atoms with E-state index in [1.807, 2.05) is 24.3 Å². The largest absolute Gasteiger partial charge is 0.330 e. The van der Waals surface area contributed by atoms with Crippen molar-refractivity contribution >= 4 is 21.4 Å². The van der Waals surface area contributed by atoms with Crippen molar-refractivity contribution in [1.82, 2.24) is 0 Å². The minimum atomic E-state index is -2.91. The van der Waals surface area contributed by atoms with E-state index >= 15 is 0 Å². The second kappa shape index (κ2) is 4.59. The normalized spacial score (nSPS) is 27.2. The van der Waals surface area contributed by atoms with Gasteiger partial charge in [0.15, 0.2) is 9.84 Å². The van der Waals surface area contributed by atoms with Gasteiger partial charge in [0.25, 0.3) is 0 Å². The highest BCUT2D eigenvalue weighted by Crippen LogP contribution is 2.35. The topological polar surface area (TPSA) is 60.2 Å². The molecule has 1 aromatic carbocycles. The molecular formula is C12H16ClNO2S. The summed E-state index contributed by atoms with van der Waals surface area (Å²) in [6.07, 6.45) is 1.33. The number of benzene rings is 1. The summed E-state index contributed by atoms with van der Waals surface area (Å²) in [5.41, 5.74) is 6.53. The second-order valence-electron chi connectivity index (χ2n) is 4.85. The third-order valence-corrected chi connectivity index (χ3v) is 5.48. The van der Waals surface area contributed by atoms with E-state index in [9.17, 15) is 8.42 Å². The number of sulfone groups is 1. The quantitative estimate of drug-likeness (QED) is 0.911. The molecule has 3 nitrogen and oxygen atoms in total. The second-order valence-corrected chi connectivity index (χ2v) is 7.47. The highest BCUT2D eigenvalue weighted by Gasteiger charge is 2.41. The summed E-state index contributed by atoms with van der Waals surface area (Å²) in [4.78, 5) is 0. The van der Waals surface area contributed by atoms with Crippen molar-refractivity contribution in [3.05, 3.63) is 34.9 Å². The first-order valence-electron chi connectivity index (χ1n) is 5.60. The van der Waals surface area contributed by atoms with Gasteiger partial charge >= 0.3 is 0 Å². The van der Waals surface area contributed by atoms with Crippen molar-refractivity contribution in [2.24, 2.45) is 11.1 Å². The first kappa shape index (κ1) is 12.9. The molecule has 2 rings (SSSR count). The molecule has 1 aliphatic heterocycles. The van der Waals surface area contributed by atoms with Crippen LogP contribution in [0.4, 0.5) is 0 Å². The SMILES string of the molecule is NCC1(Cc2cccc(Cl)c2)CCS(=O)(=O)C1. The molecule has 1 heterocycles. The third-order valence-electron chi connectivity index (χ3n) is 3.37. The van der Waals surface area contributed by atoms with Crippen LogP contribution in [-0.4, -0.2) is 26.5 Å². The van der Waals surface area contributed by atoms with Gasteiger partial charge in [0, 0.05) is 10.4 Å². The van der Waals surface area contributed by atoms with Gasteiger partial charge in [-0.15, -0.1) is 0 Å². The lowest BCUT2D eigenvalue weighted by molar-refractivity contribution is 0.344. The van der Waals surface area contributed by atoms with E-state index in [-0.39, 0.29) is 16.9 Å². The molecule has 2 N–H and O–H groups in total. The monoisotopic (exact) mass is 273 g/mol. The Morgan fingerprint density at radius 2 is 2.18 bits per heavy atom. The zero-order chi connectivity index (χ0) is 12.5. The molecule has 1 fully saturated rings. The molecule has 0 bridgehead atoms. The summed E-state index contributed by atoms with van der Waals surface area (Å²) in [6, 6.07) is 7.54. The Morgan fingerprint density at radius 3 is 2.71 bits per heavy atom. The summed E-state index contributed by atoms with van der Waals surface area (Å²) in [5.74, 6) is 0.452. The van der Waals surface area contributed by atoms with Gasteiger partial charge in [0.1, 0.15) is 0 Å². The van der Waals surface area contributed by atoms with Crippen LogP contribution in [0.25, 0.3) is 0 Å². The first-order valence-corrected chi connectivity index (χ1v) is 7.80. The number of halogens is 1. The molecule has 0 saturated carbocycles. The molecule has 5 heteroatoms. The van der Waals surface area contributed by atoms with Gasteiger partial charge in [-0.25, -0.2) is 8.42 Å². The lowest BCUT2D eigenvalue weighted by Gasteiger charge is -2.25. The Labute approximate surface area is 107 Å². The Bertz CT molecular complexity index is 515. The predicted octanol–water partition coefficient (Wildman–Crippen LogP) is 1.65. The molecule has 1 atom stereocenters. The maximum Gasteiger partial charge on any atom is 0.150 e. The molecule has 0 radical (unpaired) electrons. The van der Waals surface area contributed by atoms with Gasteiger partial charge in [0.2, 0.25) is 0 Å². The van der Waals surface area contributed by atoms with Crippen molar-refractivity contribution in [3.63, 3.8) is 0 Å². The predicted molar refractivity (Wildman–Crippen MR) is 69.9 cm³/mol. The zero-order valence-electron chi connectivity index (χ0n) is 9.52. The fourth-order valence-electron chi connectivity index (χ4n) is 2.44. The van der Waals surface area contributed by atoms with Crippen LogP contribution < -0.4 is 5.73 Å². The maximum atomic E-state index is 11.6. The number of hydrogen-bond acceptors (Lipinski definition) is 3. The molecule has 1 saturated heterocycles. The van der Waals surface area contributed by atoms with Crippen molar-refractivity contribution in [2.45, 2.75) is 12.8 Å². The number of rotatable bonds is 3. The lowest BCUT2D eigenvalue weighted by Crippen LogP contribution is -2.34. The fraction of sp³-hybridized carbons (Fsp3) is 0.500. The van der Waals surface area contributed by atoms with Crippen molar-refractivity contribution in [1.29, 1.82) is 0 Å². The average molecular weight is 274 g/mol. The summed E-state index contributed by atoms with van der Waals surface area (Å²) >= 11 is 5.93. The van der Waals surface area contributed by atoms with Gasteiger partial charge < -0.3 is 5.73 Å². The Kier molecular flexibility index (Phi) is 3.48. The molecular weight excluding hydrogens is 258 g/mol. The Morgan fingerprint density at radius 1 is 1.41 bits per heavy atom. The van der Waals surface area contributed by atoms with E-state index in [1.165, 1.54) is 0 Å². The van der Waals surface area contributed by atoms with E-state index in [1.54, 1.807) is 0 Å². The Hall–Kier alpha value is -0.580. The van der Waals surface area contributed by atoms with Crippen molar-refractivity contribution < 1.29 is 8.42 Å². The zero-order valence-corrected chi connectivity index (χ0v) is 11.1. The summed E-state index contributed by atoms with van der Waals surface area (Å²) in [7, 11) is -2.91. The maximum absolute atomic E-state index is 11.6. The van der Waals surface area contributed by atoms with Gasteiger partial charge in [-0.3, -0.25) is 0 Å². The van der Waals surface area contributed by atoms with Crippen molar-refractivity contribution in [3.8, 4) is 0 Å². The third kappa shape index (κ3) is 3.00. The van der Waals surface area contributed by atoms with Crippen LogP contribution in [0.5, 0.6) is 0 Å². The van der Waals surface area contributed by atoms with Crippen LogP contribution in [0.2, 0.25) is 5.02 Å². The van der Waals surface area contributed by atoms with E-state index < -0.39 is 9.84 Å². The fourth-order valence-corrected chi connectivity index (χ4v) is 4.83. The van der Waals surface area contributed by atoms with E-state index in [0.29, 0.717) is 24.4 Å². The molecule has 0 spiro atoms. The molecule has 0 amide bonds. The Balaban J connectivity index is 2.22. The van der Waals surface area contributed by atoms with E-state index in [2.05, 4.69) is 0 Å². The highest BCUT2D eigenvalue weighted by atomic mass is 35.5. The summed E-state index contributed by atoms with van der Waals surface area (Å²) in [6.45, 7) is 0.402. The molecule has 1 aliphatic rings. The average Bonchev–Trinajstić information content (AvgIpc) is 2.55. The van der Waals surface area contributed by atoms with Crippen LogP contribution >= 0.6 is 11.6 Å². The summed E-state index contributed by atoms with van der Waals surface area (Å²) in [5, 5.41) is 0.676. The minimum Gasteiger partial charge on any atom is -0.330 e. The van der Waals surface area contributed by atoms with Gasteiger partial charge in [0.05, 0.1) is 11.5 Å². The van der Waals surface area contributed by atoms with Crippen LogP contribution in [0.1, 0.15) is 12.0 Å². The van der Waals surface area contributed by atoms with Crippen LogP contribution in [0.15, 0.2) is 24.3 Å². The first-order chi connectivity index (χ1) is 7.95. The summed E-state index contributed by atoms with van der Waals surface area (Å²) < 4.78 is 23.2. The van der Waals surface area contributed by atoms with Gasteiger partial charge in [-0.1, -0.05) is 23.7 Å². The van der Waals surface area contributed by atoms with Gasteiger partial charge in [-0.05, 0) is 37.1 Å². The molecule has 0 aromatic heterocycles. The van der Waals surface area contributed by atoms with Crippen LogP contribution in [0.3, 0.4) is 0 Å². The molecule has 1 aromatic rings. The highest BCUT2D eigenvalue weighted by molar-refractivity contribution is 7.91. The number of nitrogens with two attached hydrogens (primary N) is 1. The molecule has 0 aliphatic carbocycles. The minimum absolute atomic E-state index is 0.197. The van der Waals surface area contributed by atoms with Crippen LogP contribution in [-0.2, 0) is 16.3 Å².